The Morgan fingerprint density at radius 2 is 1.48 bits per heavy atom. The highest BCUT2D eigenvalue weighted by Gasteiger charge is 2.30. The Bertz CT molecular complexity index is 1010. The molecule has 2 aromatic rings. The van der Waals surface area contributed by atoms with Gasteiger partial charge in [0.25, 0.3) is 0 Å². The molecule has 2 aromatic carbocycles. The van der Waals surface area contributed by atoms with Gasteiger partial charge in [0.1, 0.15) is 19.2 Å². The number of nitrogens with one attached hydrogen (secondary N) is 3. The SMILES string of the molecule is CC(C)[C@@H](NC(=O)OCC1c2ccccc2-c2ccccc21)C(=O)NCC(=O)NCC(=O)O. The van der Waals surface area contributed by atoms with Crippen LogP contribution in [0.4, 0.5) is 4.79 Å². The van der Waals surface area contributed by atoms with E-state index in [0.29, 0.717) is 0 Å². The molecule has 0 bridgehead atoms. The van der Waals surface area contributed by atoms with Crippen LogP contribution >= 0.6 is 0 Å². The Balaban J connectivity index is 1.57. The van der Waals surface area contributed by atoms with E-state index >= 15 is 0 Å². The quantitative estimate of drug-likeness (QED) is 0.458. The summed E-state index contributed by atoms with van der Waals surface area (Å²) in [5.41, 5.74) is 4.39. The van der Waals surface area contributed by atoms with E-state index in [4.69, 9.17) is 9.84 Å². The minimum atomic E-state index is -1.19. The molecule has 0 spiro atoms. The molecule has 3 amide bonds. The molecule has 0 fully saturated rings. The third kappa shape index (κ3) is 5.88. The summed E-state index contributed by atoms with van der Waals surface area (Å²) in [5.74, 6) is -2.77. The molecule has 33 heavy (non-hydrogen) atoms. The number of carbonyl (C=O) groups is 4. The maximum Gasteiger partial charge on any atom is 0.407 e. The van der Waals surface area contributed by atoms with Crippen molar-refractivity contribution in [2.75, 3.05) is 19.7 Å². The van der Waals surface area contributed by atoms with Gasteiger partial charge in [-0.15, -0.1) is 0 Å². The molecule has 0 aromatic heterocycles. The van der Waals surface area contributed by atoms with Crippen LogP contribution in [0.3, 0.4) is 0 Å². The van der Waals surface area contributed by atoms with E-state index in [1.807, 2.05) is 48.5 Å². The van der Waals surface area contributed by atoms with Crippen molar-refractivity contribution >= 4 is 23.9 Å². The van der Waals surface area contributed by atoms with Gasteiger partial charge < -0.3 is 25.8 Å². The maximum atomic E-state index is 12.5. The fraction of sp³-hybridized carbons (Fsp3) is 0.333. The molecule has 1 aliphatic rings. The van der Waals surface area contributed by atoms with E-state index in [2.05, 4.69) is 16.0 Å². The number of alkyl carbamates (subject to hydrolysis) is 1. The average Bonchev–Trinajstić information content (AvgIpc) is 3.11. The number of carbonyl (C=O) groups excluding carboxylic acids is 3. The van der Waals surface area contributed by atoms with Gasteiger partial charge in [0.2, 0.25) is 11.8 Å². The number of hydrogen-bond donors (Lipinski definition) is 4. The van der Waals surface area contributed by atoms with E-state index in [0.717, 1.165) is 22.3 Å². The molecule has 0 saturated carbocycles. The first-order chi connectivity index (χ1) is 15.8. The number of aliphatic carboxylic acids is 1. The van der Waals surface area contributed by atoms with Crippen LogP contribution in [0.5, 0.6) is 0 Å². The zero-order chi connectivity index (χ0) is 24.0. The fourth-order valence-electron chi connectivity index (χ4n) is 3.82. The third-order valence-electron chi connectivity index (χ3n) is 5.43. The highest BCUT2D eigenvalue weighted by Crippen LogP contribution is 2.44. The lowest BCUT2D eigenvalue weighted by Crippen LogP contribution is -2.51. The van der Waals surface area contributed by atoms with Crippen LogP contribution in [0.25, 0.3) is 11.1 Å². The van der Waals surface area contributed by atoms with Gasteiger partial charge in [-0.1, -0.05) is 62.4 Å². The number of amides is 3. The second-order valence-electron chi connectivity index (χ2n) is 8.08. The van der Waals surface area contributed by atoms with Crippen molar-refractivity contribution in [3.05, 3.63) is 59.7 Å². The standard InChI is InChI=1S/C24H27N3O6/c1-14(2)22(23(31)26-11-20(28)25-12-21(29)30)27-24(32)33-13-19-17-9-5-3-7-15(17)16-8-4-6-10-18(16)19/h3-10,14,19,22H,11-13H2,1-2H3,(H,25,28)(H,26,31)(H,27,32)(H,29,30)/t22-/m1/s1. The van der Waals surface area contributed by atoms with E-state index in [1.54, 1.807) is 13.8 Å². The Hall–Kier alpha value is -3.88. The maximum absolute atomic E-state index is 12.5. The number of carboxylic acid groups (broad SMARTS) is 1. The lowest BCUT2D eigenvalue weighted by Gasteiger charge is -2.22. The highest BCUT2D eigenvalue weighted by molar-refractivity contribution is 5.90. The molecular weight excluding hydrogens is 426 g/mol. The minimum absolute atomic E-state index is 0.104. The molecule has 1 aliphatic carbocycles. The van der Waals surface area contributed by atoms with Crippen molar-refractivity contribution < 1.29 is 29.0 Å². The Labute approximate surface area is 191 Å². The Kier molecular flexibility index (Phi) is 7.66. The summed E-state index contributed by atoms with van der Waals surface area (Å²) in [6.45, 7) is 2.67. The van der Waals surface area contributed by atoms with Crippen molar-refractivity contribution in [3.63, 3.8) is 0 Å². The summed E-state index contributed by atoms with van der Waals surface area (Å²) in [7, 11) is 0. The largest absolute Gasteiger partial charge is 0.480 e. The summed E-state index contributed by atoms with van der Waals surface area (Å²) in [6.07, 6.45) is -0.735. The summed E-state index contributed by atoms with van der Waals surface area (Å²) in [5, 5.41) is 15.7. The van der Waals surface area contributed by atoms with Gasteiger partial charge >= 0.3 is 12.1 Å². The summed E-state index contributed by atoms with van der Waals surface area (Å²) in [4.78, 5) is 47.1. The number of hydrogen-bond acceptors (Lipinski definition) is 5. The van der Waals surface area contributed by atoms with Crippen molar-refractivity contribution in [2.45, 2.75) is 25.8 Å². The van der Waals surface area contributed by atoms with Gasteiger partial charge in [0.05, 0.1) is 6.54 Å². The van der Waals surface area contributed by atoms with E-state index in [-0.39, 0.29) is 18.4 Å². The van der Waals surface area contributed by atoms with Gasteiger partial charge in [0.15, 0.2) is 0 Å². The molecule has 9 nitrogen and oxygen atoms in total. The van der Waals surface area contributed by atoms with Gasteiger partial charge in [-0.3, -0.25) is 14.4 Å². The average molecular weight is 453 g/mol. The molecule has 0 aliphatic heterocycles. The number of ether oxygens (including phenoxy) is 1. The first-order valence-electron chi connectivity index (χ1n) is 10.7. The smallest absolute Gasteiger partial charge is 0.407 e. The number of fused-ring (bicyclic) bond motifs is 3. The molecule has 0 unspecified atom stereocenters. The normalized spacial score (nSPS) is 12.9. The van der Waals surface area contributed by atoms with Gasteiger partial charge in [-0.05, 0) is 28.2 Å². The molecular formula is C24H27N3O6. The van der Waals surface area contributed by atoms with Gasteiger partial charge in [-0.2, -0.15) is 0 Å². The minimum Gasteiger partial charge on any atom is -0.480 e. The Morgan fingerprint density at radius 1 is 0.909 bits per heavy atom. The molecule has 4 N–H and O–H groups in total. The molecule has 3 rings (SSSR count). The molecule has 9 heteroatoms. The third-order valence-corrected chi connectivity index (χ3v) is 5.43. The first kappa shape index (κ1) is 23.8. The second-order valence-corrected chi connectivity index (χ2v) is 8.08. The zero-order valence-electron chi connectivity index (χ0n) is 18.5. The highest BCUT2D eigenvalue weighted by atomic mass is 16.5. The zero-order valence-corrected chi connectivity index (χ0v) is 18.5. The molecule has 0 heterocycles. The predicted molar refractivity (Wildman–Crippen MR) is 120 cm³/mol. The number of carboxylic acids is 1. The van der Waals surface area contributed by atoms with Crippen molar-refractivity contribution in [3.8, 4) is 11.1 Å². The summed E-state index contributed by atoms with van der Waals surface area (Å²) in [6, 6.07) is 15.0. The first-order valence-corrected chi connectivity index (χ1v) is 10.7. The van der Waals surface area contributed by atoms with Crippen LogP contribution in [-0.4, -0.2) is 54.7 Å². The second kappa shape index (κ2) is 10.6. The predicted octanol–water partition coefficient (Wildman–Crippen LogP) is 1.87. The Morgan fingerprint density at radius 3 is 2.03 bits per heavy atom. The van der Waals surface area contributed by atoms with Crippen LogP contribution in [0.2, 0.25) is 0 Å². The number of rotatable bonds is 9. The van der Waals surface area contributed by atoms with Crippen molar-refractivity contribution in [2.24, 2.45) is 5.92 Å². The lowest BCUT2D eigenvalue weighted by molar-refractivity contribution is -0.137. The van der Waals surface area contributed by atoms with Crippen LogP contribution in [0.15, 0.2) is 48.5 Å². The van der Waals surface area contributed by atoms with Gasteiger partial charge in [0, 0.05) is 5.92 Å². The lowest BCUT2D eigenvalue weighted by atomic mass is 9.98. The van der Waals surface area contributed by atoms with E-state index in [1.165, 1.54) is 0 Å². The molecule has 0 saturated heterocycles. The van der Waals surface area contributed by atoms with Crippen molar-refractivity contribution in [1.82, 2.24) is 16.0 Å². The van der Waals surface area contributed by atoms with Gasteiger partial charge in [-0.25, -0.2) is 4.79 Å². The van der Waals surface area contributed by atoms with Crippen LogP contribution in [-0.2, 0) is 19.1 Å². The van der Waals surface area contributed by atoms with E-state index < -0.39 is 43.0 Å². The fourth-order valence-corrected chi connectivity index (χ4v) is 3.82. The summed E-state index contributed by atoms with van der Waals surface area (Å²) < 4.78 is 5.49. The van der Waals surface area contributed by atoms with Crippen molar-refractivity contribution in [1.29, 1.82) is 0 Å². The molecule has 0 radical (unpaired) electrons. The van der Waals surface area contributed by atoms with Crippen LogP contribution in [0, 0.1) is 5.92 Å². The van der Waals surface area contributed by atoms with Crippen LogP contribution in [0.1, 0.15) is 30.9 Å². The monoisotopic (exact) mass is 453 g/mol. The number of benzene rings is 2. The molecule has 174 valence electrons. The molecule has 1 atom stereocenters. The summed E-state index contributed by atoms with van der Waals surface area (Å²) >= 11 is 0. The topological polar surface area (TPSA) is 134 Å². The van der Waals surface area contributed by atoms with Crippen LogP contribution < -0.4 is 16.0 Å². The van der Waals surface area contributed by atoms with E-state index in [9.17, 15) is 19.2 Å².